The molecule has 170 valence electrons. The van der Waals surface area contributed by atoms with Crippen molar-refractivity contribution in [3.63, 3.8) is 0 Å². The minimum atomic E-state index is -0.977. The largest absolute Gasteiger partial charge is 0.493 e. The number of aromatic nitrogens is 1. The number of halogens is 1. The van der Waals surface area contributed by atoms with Crippen molar-refractivity contribution in [1.29, 1.82) is 0 Å². The van der Waals surface area contributed by atoms with E-state index < -0.39 is 5.97 Å². The number of methoxy groups -OCH3 is 2. The van der Waals surface area contributed by atoms with Crippen LogP contribution in [0, 0.1) is 19.7 Å². The first-order chi connectivity index (χ1) is 15.4. The summed E-state index contributed by atoms with van der Waals surface area (Å²) in [5, 5.41) is 13.2. The normalized spacial score (nSPS) is 10.9. The SMILES string of the molecule is COc1ccc(CCNCc2c(C(=O)O)c(C)n(Cc3ccccc3F)c2C)cc1OC. The molecule has 3 rings (SSSR count). The number of rotatable bonds is 10. The molecule has 2 aromatic carbocycles. The fraction of sp³-hybridized carbons (Fsp3) is 0.320. The summed E-state index contributed by atoms with van der Waals surface area (Å²) in [5.41, 5.74) is 4.05. The lowest BCUT2D eigenvalue weighted by molar-refractivity contribution is 0.0694. The van der Waals surface area contributed by atoms with Crippen LogP contribution in [-0.2, 0) is 19.5 Å². The van der Waals surface area contributed by atoms with Crippen LogP contribution in [0.5, 0.6) is 11.5 Å². The average Bonchev–Trinajstić information content (AvgIpc) is 3.02. The molecule has 1 aromatic heterocycles. The van der Waals surface area contributed by atoms with Gasteiger partial charge in [0.25, 0.3) is 0 Å². The summed E-state index contributed by atoms with van der Waals surface area (Å²) < 4.78 is 26.6. The third-order valence-electron chi connectivity index (χ3n) is 5.75. The Morgan fingerprint density at radius 2 is 1.78 bits per heavy atom. The highest BCUT2D eigenvalue weighted by molar-refractivity contribution is 5.91. The lowest BCUT2D eigenvalue weighted by Crippen LogP contribution is -2.18. The highest BCUT2D eigenvalue weighted by Gasteiger charge is 2.22. The maximum Gasteiger partial charge on any atom is 0.337 e. The van der Waals surface area contributed by atoms with Crippen LogP contribution >= 0.6 is 0 Å². The Balaban J connectivity index is 1.73. The van der Waals surface area contributed by atoms with E-state index in [0.29, 0.717) is 35.8 Å². The number of carboxylic acid groups (broad SMARTS) is 1. The van der Waals surface area contributed by atoms with Crippen LogP contribution in [0.1, 0.15) is 38.4 Å². The van der Waals surface area contributed by atoms with E-state index in [1.807, 2.05) is 29.7 Å². The van der Waals surface area contributed by atoms with Crippen LogP contribution < -0.4 is 14.8 Å². The minimum Gasteiger partial charge on any atom is -0.493 e. The Morgan fingerprint density at radius 1 is 1.06 bits per heavy atom. The van der Waals surface area contributed by atoms with E-state index in [-0.39, 0.29) is 17.9 Å². The maximum absolute atomic E-state index is 14.2. The van der Waals surface area contributed by atoms with Gasteiger partial charge in [0.15, 0.2) is 11.5 Å². The van der Waals surface area contributed by atoms with E-state index in [1.54, 1.807) is 39.3 Å². The first kappa shape index (κ1) is 23.3. The van der Waals surface area contributed by atoms with E-state index in [1.165, 1.54) is 6.07 Å². The lowest BCUT2D eigenvalue weighted by atomic mass is 10.1. The van der Waals surface area contributed by atoms with Crippen molar-refractivity contribution in [3.05, 3.63) is 81.9 Å². The molecule has 6 nitrogen and oxygen atoms in total. The topological polar surface area (TPSA) is 72.7 Å². The van der Waals surface area contributed by atoms with Crippen LogP contribution in [0.4, 0.5) is 4.39 Å². The molecule has 0 atom stereocenters. The number of nitrogens with zero attached hydrogens (tertiary/aromatic N) is 1. The zero-order valence-corrected chi connectivity index (χ0v) is 18.9. The summed E-state index contributed by atoms with van der Waals surface area (Å²) in [4.78, 5) is 12.0. The molecule has 0 aliphatic rings. The predicted octanol–water partition coefficient (Wildman–Crippen LogP) is 4.34. The summed E-state index contributed by atoms with van der Waals surface area (Å²) in [6.07, 6.45) is 0.747. The molecule has 2 N–H and O–H groups in total. The lowest BCUT2D eigenvalue weighted by Gasteiger charge is -2.11. The molecule has 32 heavy (non-hydrogen) atoms. The van der Waals surface area contributed by atoms with Gasteiger partial charge in [0.2, 0.25) is 0 Å². The van der Waals surface area contributed by atoms with Gasteiger partial charge in [-0.2, -0.15) is 0 Å². The molecule has 3 aromatic rings. The standard InChI is InChI=1S/C25H29FN2O4/c1-16-20(14-27-12-11-18-9-10-22(31-3)23(13-18)32-4)24(25(29)30)17(2)28(16)15-19-7-5-6-8-21(19)26/h5-10,13,27H,11-12,14-15H2,1-4H3,(H,29,30). The first-order valence-corrected chi connectivity index (χ1v) is 10.4. The first-order valence-electron chi connectivity index (χ1n) is 10.4. The zero-order valence-electron chi connectivity index (χ0n) is 18.9. The summed E-state index contributed by atoms with van der Waals surface area (Å²) in [5.74, 6) is 0.0773. The van der Waals surface area contributed by atoms with Crippen LogP contribution in [0.2, 0.25) is 0 Å². The van der Waals surface area contributed by atoms with Gasteiger partial charge in [-0.15, -0.1) is 0 Å². The average molecular weight is 441 g/mol. The molecule has 0 radical (unpaired) electrons. The molecule has 0 amide bonds. The Bertz CT molecular complexity index is 1110. The summed E-state index contributed by atoms with van der Waals surface area (Å²) in [6, 6.07) is 12.3. The number of carboxylic acids is 1. The van der Waals surface area contributed by atoms with Gasteiger partial charge in [0, 0.05) is 29.1 Å². The van der Waals surface area contributed by atoms with Crippen LogP contribution in [0.3, 0.4) is 0 Å². The van der Waals surface area contributed by atoms with Gasteiger partial charge in [0.1, 0.15) is 5.82 Å². The summed E-state index contributed by atoms with van der Waals surface area (Å²) >= 11 is 0. The number of hydrogen-bond acceptors (Lipinski definition) is 4. The van der Waals surface area contributed by atoms with Gasteiger partial charge in [0.05, 0.1) is 26.3 Å². The minimum absolute atomic E-state index is 0.275. The summed E-state index contributed by atoms with van der Waals surface area (Å²) in [6.45, 7) is 5.00. The van der Waals surface area contributed by atoms with Gasteiger partial charge < -0.3 is 24.5 Å². The van der Waals surface area contributed by atoms with Crippen molar-refractivity contribution in [1.82, 2.24) is 9.88 Å². The molecular formula is C25H29FN2O4. The molecule has 0 saturated carbocycles. The van der Waals surface area contributed by atoms with Crippen LogP contribution in [-0.4, -0.2) is 36.4 Å². The third kappa shape index (κ3) is 4.94. The molecule has 1 heterocycles. The quantitative estimate of drug-likeness (QED) is 0.459. The molecule has 0 spiro atoms. The van der Waals surface area contributed by atoms with Gasteiger partial charge in [-0.3, -0.25) is 0 Å². The summed E-state index contributed by atoms with van der Waals surface area (Å²) in [7, 11) is 3.20. The van der Waals surface area contributed by atoms with Gasteiger partial charge in [-0.05, 0) is 50.6 Å². The Hall–Kier alpha value is -3.32. The highest BCUT2D eigenvalue weighted by Crippen LogP contribution is 2.28. The molecule has 0 fully saturated rings. The maximum atomic E-state index is 14.2. The number of carbonyl (C=O) groups is 1. The number of hydrogen-bond donors (Lipinski definition) is 2. The fourth-order valence-corrected chi connectivity index (χ4v) is 3.97. The molecular weight excluding hydrogens is 411 g/mol. The smallest absolute Gasteiger partial charge is 0.337 e. The number of nitrogens with one attached hydrogen (secondary N) is 1. The Labute approximate surface area is 187 Å². The van der Waals surface area contributed by atoms with Crippen molar-refractivity contribution in [2.75, 3.05) is 20.8 Å². The van der Waals surface area contributed by atoms with Crippen molar-refractivity contribution in [3.8, 4) is 11.5 Å². The van der Waals surface area contributed by atoms with Crippen molar-refractivity contribution in [2.24, 2.45) is 0 Å². The number of aromatic carboxylic acids is 1. The molecule has 0 saturated heterocycles. The van der Waals surface area contributed by atoms with Crippen molar-refractivity contribution < 1.29 is 23.8 Å². The second-order valence-corrected chi connectivity index (χ2v) is 7.62. The fourth-order valence-electron chi connectivity index (χ4n) is 3.97. The number of ether oxygens (including phenoxy) is 2. The second-order valence-electron chi connectivity index (χ2n) is 7.62. The molecule has 0 aliphatic carbocycles. The van der Waals surface area contributed by atoms with Gasteiger partial charge in [-0.25, -0.2) is 9.18 Å². The van der Waals surface area contributed by atoms with E-state index in [9.17, 15) is 14.3 Å². The molecule has 0 bridgehead atoms. The van der Waals surface area contributed by atoms with E-state index >= 15 is 0 Å². The van der Waals surface area contributed by atoms with Crippen LogP contribution in [0.25, 0.3) is 0 Å². The highest BCUT2D eigenvalue weighted by atomic mass is 19.1. The monoisotopic (exact) mass is 440 g/mol. The molecule has 7 heteroatoms. The number of benzene rings is 2. The van der Waals surface area contributed by atoms with Crippen molar-refractivity contribution >= 4 is 5.97 Å². The van der Waals surface area contributed by atoms with E-state index in [2.05, 4.69) is 5.32 Å². The van der Waals surface area contributed by atoms with E-state index in [4.69, 9.17) is 9.47 Å². The van der Waals surface area contributed by atoms with Crippen molar-refractivity contribution in [2.45, 2.75) is 33.4 Å². The van der Waals surface area contributed by atoms with Gasteiger partial charge >= 0.3 is 5.97 Å². The van der Waals surface area contributed by atoms with Crippen LogP contribution in [0.15, 0.2) is 42.5 Å². The third-order valence-corrected chi connectivity index (χ3v) is 5.75. The second kappa shape index (κ2) is 10.3. The molecule has 0 unspecified atom stereocenters. The Morgan fingerprint density at radius 3 is 2.44 bits per heavy atom. The Kier molecular flexibility index (Phi) is 7.53. The predicted molar refractivity (Wildman–Crippen MR) is 121 cm³/mol. The molecule has 0 aliphatic heterocycles. The van der Waals surface area contributed by atoms with Gasteiger partial charge in [-0.1, -0.05) is 24.3 Å². The van der Waals surface area contributed by atoms with E-state index in [0.717, 1.165) is 23.2 Å². The zero-order chi connectivity index (χ0) is 23.3.